The zero-order chi connectivity index (χ0) is 12.6. The predicted octanol–water partition coefficient (Wildman–Crippen LogP) is 0.537. The molecule has 0 rings (SSSR count). The van der Waals surface area contributed by atoms with Crippen LogP contribution in [0.1, 0.15) is 26.2 Å². The summed E-state index contributed by atoms with van der Waals surface area (Å²) < 4.78 is 4.96. The van der Waals surface area contributed by atoms with Crippen LogP contribution in [0.5, 0.6) is 0 Å². The molecule has 0 aliphatic heterocycles. The van der Waals surface area contributed by atoms with Crippen molar-refractivity contribution >= 4 is 5.97 Å². The van der Waals surface area contributed by atoms with E-state index < -0.39 is 11.5 Å². The molecule has 0 aromatic rings. The summed E-state index contributed by atoms with van der Waals surface area (Å²) in [5, 5.41) is 8.82. The third kappa shape index (κ3) is 6.76. The van der Waals surface area contributed by atoms with Crippen LogP contribution in [-0.2, 0) is 9.53 Å². The monoisotopic (exact) mass is 232 g/mol. The van der Waals surface area contributed by atoms with Crippen LogP contribution in [0.3, 0.4) is 0 Å². The van der Waals surface area contributed by atoms with E-state index in [2.05, 4.69) is 4.90 Å². The van der Waals surface area contributed by atoms with Gasteiger partial charge in [-0.05, 0) is 39.8 Å². The molecule has 0 fully saturated rings. The molecule has 0 amide bonds. The van der Waals surface area contributed by atoms with E-state index in [0.717, 1.165) is 32.5 Å². The van der Waals surface area contributed by atoms with Crippen LogP contribution in [0.25, 0.3) is 0 Å². The SMILES string of the molecule is COCCCN(C)CCCC(C)(N)C(=O)O. The molecule has 1 unspecified atom stereocenters. The van der Waals surface area contributed by atoms with Gasteiger partial charge in [0, 0.05) is 20.3 Å². The molecule has 0 spiro atoms. The van der Waals surface area contributed by atoms with Gasteiger partial charge in [0.2, 0.25) is 0 Å². The fraction of sp³-hybridized carbons (Fsp3) is 0.909. The molecule has 0 radical (unpaired) electrons. The molecule has 0 bridgehead atoms. The maximum Gasteiger partial charge on any atom is 0.323 e. The Hall–Kier alpha value is -0.650. The highest BCUT2D eigenvalue weighted by atomic mass is 16.5. The second kappa shape index (κ2) is 7.60. The minimum Gasteiger partial charge on any atom is -0.480 e. The number of carbonyl (C=O) groups is 1. The number of carboxylic acids is 1. The second-order valence-electron chi connectivity index (χ2n) is 4.48. The largest absolute Gasteiger partial charge is 0.480 e. The number of nitrogens with two attached hydrogens (primary N) is 1. The van der Waals surface area contributed by atoms with Crippen molar-refractivity contribution in [1.29, 1.82) is 0 Å². The standard InChI is InChI=1S/C11H24N2O3/c1-11(12,10(14)15)6-4-7-13(2)8-5-9-16-3/h4-9,12H2,1-3H3,(H,14,15). The Labute approximate surface area is 97.6 Å². The van der Waals surface area contributed by atoms with Crippen molar-refractivity contribution < 1.29 is 14.6 Å². The molecule has 0 aliphatic rings. The lowest BCUT2D eigenvalue weighted by Gasteiger charge is -2.21. The highest BCUT2D eigenvalue weighted by Gasteiger charge is 2.26. The van der Waals surface area contributed by atoms with E-state index in [4.69, 9.17) is 15.6 Å². The number of methoxy groups -OCH3 is 1. The fourth-order valence-electron chi connectivity index (χ4n) is 1.41. The van der Waals surface area contributed by atoms with Gasteiger partial charge in [-0.1, -0.05) is 0 Å². The third-order valence-corrected chi connectivity index (χ3v) is 2.61. The predicted molar refractivity (Wildman–Crippen MR) is 63.5 cm³/mol. The van der Waals surface area contributed by atoms with Crippen molar-refractivity contribution in [3.05, 3.63) is 0 Å². The fourth-order valence-corrected chi connectivity index (χ4v) is 1.41. The first-order valence-corrected chi connectivity index (χ1v) is 5.60. The van der Waals surface area contributed by atoms with Crippen molar-refractivity contribution in [2.24, 2.45) is 5.73 Å². The first-order valence-electron chi connectivity index (χ1n) is 5.60. The maximum absolute atomic E-state index is 10.8. The molecule has 0 aromatic carbocycles. The molecule has 0 saturated heterocycles. The minimum absolute atomic E-state index is 0.497. The lowest BCUT2D eigenvalue weighted by Crippen LogP contribution is -2.45. The molecular formula is C11H24N2O3. The molecule has 0 saturated carbocycles. The summed E-state index contributed by atoms with van der Waals surface area (Å²) in [5.74, 6) is -0.936. The van der Waals surface area contributed by atoms with E-state index in [9.17, 15) is 4.79 Å². The Bertz CT molecular complexity index is 207. The average molecular weight is 232 g/mol. The first-order chi connectivity index (χ1) is 7.40. The van der Waals surface area contributed by atoms with Gasteiger partial charge in [0.15, 0.2) is 0 Å². The van der Waals surface area contributed by atoms with Gasteiger partial charge in [-0.25, -0.2) is 0 Å². The Kier molecular flexibility index (Phi) is 7.29. The summed E-state index contributed by atoms with van der Waals surface area (Å²) in [5.41, 5.74) is 4.53. The van der Waals surface area contributed by atoms with Crippen molar-refractivity contribution in [3.8, 4) is 0 Å². The highest BCUT2D eigenvalue weighted by molar-refractivity contribution is 5.77. The van der Waals surface area contributed by atoms with Gasteiger partial charge in [0.1, 0.15) is 5.54 Å². The smallest absolute Gasteiger partial charge is 0.323 e. The van der Waals surface area contributed by atoms with E-state index >= 15 is 0 Å². The van der Waals surface area contributed by atoms with E-state index in [1.54, 1.807) is 14.0 Å². The summed E-state index contributed by atoms with van der Waals surface area (Å²) in [4.78, 5) is 12.9. The van der Waals surface area contributed by atoms with Gasteiger partial charge in [-0.2, -0.15) is 0 Å². The lowest BCUT2D eigenvalue weighted by molar-refractivity contribution is -0.142. The van der Waals surface area contributed by atoms with Crippen LogP contribution in [-0.4, -0.2) is 55.4 Å². The Morgan fingerprint density at radius 1 is 1.44 bits per heavy atom. The molecule has 5 heteroatoms. The Morgan fingerprint density at radius 3 is 2.50 bits per heavy atom. The van der Waals surface area contributed by atoms with Crippen molar-refractivity contribution in [2.45, 2.75) is 31.7 Å². The van der Waals surface area contributed by atoms with Gasteiger partial charge in [0.25, 0.3) is 0 Å². The van der Waals surface area contributed by atoms with Gasteiger partial charge in [-0.15, -0.1) is 0 Å². The van der Waals surface area contributed by atoms with Crippen molar-refractivity contribution in [1.82, 2.24) is 4.90 Å². The normalized spacial score (nSPS) is 15.1. The number of aliphatic carboxylic acids is 1. The molecule has 96 valence electrons. The van der Waals surface area contributed by atoms with Crippen molar-refractivity contribution in [3.63, 3.8) is 0 Å². The van der Waals surface area contributed by atoms with E-state index in [-0.39, 0.29) is 0 Å². The summed E-state index contributed by atoms with van der Waals surface area (Å²) in [6.45, 7) is 4.14. The molecular weight excluding hydrogens is 208 g/mol. The summed E-state index contributed by atoms with van der Waals surface area (Å²) in [7, 11) is 3.71. The van der Waals surface area contributed by atoms with Crippen LogP contribution in [0.15, 0.2) is 0 Å². The molecule has 0 aliphatic carbocycles. The molecule has 5 nitrogen and oxygen atoms in total. The van der Waals surface area contributed by atoms with Gasteiger partial charge in [0.05, 0.1) is 0 Å². The summed E-state index contributed by atoms with van der Waals surface area (Å²) >= 11 is 0. The third-order valence-electron chi connectivity index (χ3n) is 2.61. The maximum atomic E-state index is 10.8. The topological polar surface area (TPSA) is 75.8 Å². The van der Waals surface area contributed by atoms with Gasteiger partial charge in [-0.3, -0.25) is 4.79 Å². The van der Waals surface area contributed by atoms with Crippen LogP contribution in [0, 0.1) is 0 Å². The number of hydrogen-bond acceptors (Lipinski definition) is 4. The molecule has 16 heavy (non-hydrogen) atoms. The molecule has 3 N–H and O–H groups in total. The van der Waals surface area contributed by atoms with Crippen LogP contribution in [0.4, 0.5) is 0 Å². The van der Waals surface area contributed by atoms with Crippen LogP contribution in [0.2, 0.25) is 0 Å². The number of ether oxygens (including phenoxy) is 1. The Morgan fingerprint density at radius 2 is 2.00 bits per heavy atom. The first kappa shape index (κ1) is 15.3. The summed E-state index contributed by atoms with van der Waals surface area (Å²) in [6, 6.07) is 0. The average Bonchev–Trinajstić information content (AvgIpc) is 2.17. The minimum atomic E-state index is -1.10. The number of hydrogen-bond donors (Lipinski definition) is 2. The molecule has 0 heterocycles. The Balaban J connectivity index is 3.61. The zero-order valence-corrected chi connectivity index (χ0v) is 10.5. The highest BCUT2D eigenvalue weighted by Crippen LogP contribution is 2.09. The zero-order valence-electron chi connectivity index (χ0n) is 10.5. The molecule has 1 atom stereocenters. The lowest BCUT2D eigenvalue weighted by atomic mass is 9.97. The quantitative estimate of drug-likeness (QED) is 0.567. The van der Waals surface area contributed by atoms with E-state index in [0.29, 0.717) is 6.42 Å². The summed E-state index contributed by atoms with van der Waals surface area (Å²) in [6.07, 6.45) is 2.28. The number of nitrogens with zero attached hydrogens (tertiary/aromatic N) is 1. The van der Waals surface area contributed by atoms with E-state index in [1.165, 1.54) is 0 Å². The van der Waals surface area contributed by atoms with Gasteiger partial charge < -0.3 is 20.5 Å². The van der Waals surface area contributed by atoms with Crippen LogP contribution < -0.4 is 5.73 Å². The second-order valence-corrected chi connectivity index (χ2v) is 4.48. The van der Waals surface area contributed by atoms with Crippen molar-refractivity contribution in [2.75, 3.05) is 33.9 Å². The number of rotatable bonds is 9. The number of carboxylic acid groups (broad SMARTS) is 1. The van der Waals surface area contributed by atoms with E-state index in [1.807, 2.05) is 7.05 Å². The van der Waals surface area contributed by atoms with Gasteiger partial charge >= 0.3 is 5.97 Å². The molecule has 0 aromatic heterocycles. The van der Waals surface area contributed by atoms with Crippen LogP contribution >= 0.6 is 0 Å².